The van der Waals surface area contributed by atoms with Gasteiger partial charge in [-0.2, -0.15) is 5.26 Å². The number of carbonyl (C=O) groups is 1. The second-order valence-electron chi connectivity index (χ2n) is 8.23. The number of hydrogen-bond donors (Lipinski definition) is 0. The van der Waals surface area contributed by atoms with Gasteiger partial charge in [0.2, 0.25) is 5.91 Å². The van der Waals surface area contributed by atoms with E-state index in [2.05, 4.69) is 32.9 Å². The maximum atomic E-state index is 13.6. The SMILES string of the molecule is N#Cc1ccc(N2CCCN(C(C(=O)N3CCCCC3)c3ccccc3)CC2)cc1. The molecule has 0 bridgehead atoms. The Labute approximate surface area is 179 Å². The Balaban J connectivity index is 1.52. The Morgan fingerprint density at radius 1 is 0.800 bits per heavy atom. The maximum absolute atomic E-state index is 13.6. The molecule has 0 spiro atoms. The fraction of sp³-hybridized carbons (Fsp3) is 0.440. The summed E-state index contributed by atoms with van der Waals surface area (Å²) >= 11 is 0. The Kier molecular flexibility index (Phi) is 6.66. The lowest BCUT2D eigenvalue weighted by molar-refractivity contribution is -0.138. The van der Waals surface area contributed by atoms with E-state index in [9.17, 15) is 4.79 Å². The fourth-order valence-electron chi connectivity index (χ4n) is 4.63. The number of nitrogens with zero attached hydrogens (tertiary/aromatic N) is 4. The molecule has 0 radical (unpaired) electrons. The van der Waals surface area contributed by atoms with E-state index in [-0.39, 0.29) is 11.9 Å². The van der Waals surface area contributed by atoms with Crippen LogP contribution in [0.5, 0.6) is 0 Å². The van der Waals surface area contributed by atoms with Crippen molar-refractivity contribution in [2.75, 3.05) is 44.2 Å². The fourth-order valence-corrected chi connectivity index (χ4v) is 4.63. The van der Waals surface area contributed by atoms with E-state index < -0.39 is 0 Å². The molecule has 1 amide bonds. The zero-order valence-electron chi connectivity index (χ0n) is 17.5. The van der Waals surface area contributed by atoms with Crippen LogP contribution in [0.15, 0.2) is 54.6 Å². The highest BCUT2D eigenvalue weighted by atomic mass is 16.2. The third kappa shape index (κ3) is 4.66. The van der Waals surface area contributed by atoms with E-state index in [4.69, 9.17) is 5.26 Å². The molecule has 156 valence electrons. The quantitative estimate of drug-likeness (QED) is 0.780. The van der Waals surface area contributed by atoms with Gasteiger partial charge in [-0.05, 0) is 55.5 Å². The van der Waals surface area contributed by atoms with Gasteiger partial charge in [-0.3, -0.25) is 9.69 Å². The van der Waals surface area contributed by atoms with Crippen molar-refractivity contribution in [1.29, 1.82) is 5.26 Å². The van der Waals surface area contributed by atoms with Crippen molar-refractivity contribution in [1.82, 2.24) is 9.80 Å². The van der Waals surface area contributed by atoms with Crippen molar-refractivity contribution in [3.05, 3.63) is 65.7 Å². The summed E-state index contributed by atoms with van der Waals surface area (Å²) in [5, 5.41) is 9.04. The first-order valence-electron chi connectivity index (χ1n) is 11.1. The van der Waals surface area contributed by atoms with Crippen LogP contribution in [0.1, 0.15) is 42.9 Å². The van der Waals surface area contributed by atoms with Gasteiger partial charge in [0, 0.05) is 45.0 Å². The van der Waals surface area contributed by atoms with Gasteiger partial charge in [-0.15, -0.1) is 0 Å². The van der Waals surface area contributed by atoms with Gasteiger partial charge in [0.25, 0.3) is 0 Å². The number of hydrogen-bond acceptors (Lipinski definition) is 4. The Morgan fingerprint density at radius 2 is 1.53 bits per heavy atom. The van der Waals surface area contributed by atoms with Crippen LogP contribution in [-0.2, 0) is 4.79 Å². The van der Waals surface area contributed by atoms with Gasteiger partial charge in [0.1, 0.15) is 6.04 Å². The lowest BCUT2D eigenvalue weighted by Gasteiger charge is -2.36. The summed E-state index contributed by atoms with van der Waals surface area (Å²) in [6.45, 7) is 5.36. The van der Waals surface area contributed by atoms with E-state index in [0.717, 1.165) is 69.8 Å². The molecule has 0 N–H and O–H groups in total. The van der Waals surface area contributed by atoms with E-state index in [1.807, 2.05) is 42.5 Å². The average Bonchev–Trinajstić information content (AvgIpc) is 3.07. The molecule has 2 fully saturated rings. The largest absolute Gasteiger partial charge is 0.370 e. The van der Waals surface area contributed by atoms with Crippen LogP contribution < -0.4 is 4.90 Å². The number of piperidine rings is 1. The molecule has 2 heterocycles. The van der Waals surface area contributed by atoms with Gasteiger partial charge < -0.3 is 9.80 Å². The summed E-state index contributed by atoms with van der Waals surface area (Å²) in [5.74, 6) is 0.257. The molecule has 4 rings (SSSR count). The molecule has 2 aliphatic heterocycles. The van der Waals surface area contributed by atoms with Crippen LogP contribution in [0.4, 0.5) is 5.69 Å². The van der Waals surface area contributed by atoms with E-state index in [1.165, 1.54) is 6.42 Å². The molecular weight excluding hydrogens is 372 g/mol. The first-order valence-corrected chi connectivity index (χ1v) is 11.1. The first-order chi connectivity index (χ1) is 14.8. The highest BCUT2D eigenvalue weighted by molar-refractivity contribution is 5.83. The van der Waals surface area contributed by atoms with Crippen molar-refractivity contribution in [2.45, 2.75) is 31.7 Å². The molecular formula is C25H30N4O. The summed E-state index contributed by atoms with van der Waals surface area (Å²) in [6.07, 6.45) is 4.46. The third-order valence-corrected chi connectivity index (χ3v) is 6.27. The van der Waals surface area contributed by atoms with Crippen molar-refractivity contribution in [3.8, 4) is 6.07 Å². The normalized spacial score (nSPS) is 19.0. The number of anilines is 1. The molecule has 2 aromatic rings. The number of carbonyl (C=O) groups excluding carboxylic acids is 1. The van der Waals surface area contributed by atoms with Crippen LogP contribution >= 0.6 is 0 Å². The molecule has 0 saturated carbocycles. The zero-order chi connectivity index (χ0) is 20.8. The van der Waals surface area contributed by atoms with Crippen LogP contribution in [0.3, 0.4) is 0 Å². The second kappa shape index (κ2) is 9.77. The molecule has 1 unspecified atom stereocenters. The highest BCUT2D eigenvalue weighted by Gasteiger charge is 2.32. The average molecular weight is 403 g/mol. The highest BCUT2D eigenvalue weighted by Crippen LogP contribution is 2.27. The molecule has 2 saturated heterocycles. The molecule has 5 nitrogen and oxygen atoms in total. The summed E-state index contributed by atoms with van der Waals surface area (Å²) < 4.78 is 0. The Morgan fingerprint density at radius 3 is 2.23 bits per heavy atom. The summed E-state index contributed by atoms with van der Waals surface area (Å²) in [7, 11) is 0. The van der Waals surface area contributed by atoms with Crippen molar-refractivity contribution < 1.29 is 4.79 Å². The summed E-state index contributed by atoms with van der Waals surface area (Å²) in [6, 6.07) is 20.1. The maximum Gasteiger partial charge on any atom is 0.244 e. The van der Waals surface area contributed by atoms with Gasteiger partial charge >= 0.3 is 0 Å². The number of likely N-dealkylation sites (tertiary alicyclic amines) is 1. The molecule has 2 aliphatic rings. The number of amides is 1. The van der Waals surface area contributed by atoms with E-state index >= 15 is 0 Å². The smallest absolute Gasteiger partial charge is 0.244 e. The second-order valence-corrected chi connectivity index (χ2v) is 8.23. The van der Waals surface area contributed by atoms with Crippen LogP contribution in [-0.4, -0.2) is 55.0 Å². The van der Waals surface area contributed by atoms with Crippen LogP contribution in [0, 0.1) is 11.3 Å². The Hall–Kier alpha value is -2.84. The van der Waals surface area contributed by atoms with E-state index in [0.29, 0.717) is 5.56 Å². The lowest BCUT2D eigenvalue weighted by Crippen LogP contribution is -2.46. The van der Waals surface area contributed by atoms with Gasteiger partial charge in [-0.25, -0.2) is 0 Å². The van der Waals surface area contributed by atoms with E-state index in [1.54, 1.807) is 0 Å². The Bertz CT molecular complexity index is 868. The van der Waals surface area contributed by atoms with Gasteiger partial charge in [0.05, 0.1) is 11.6 Å². The minimum Gasteiger partial charge on any atom is -0.370 e. The standard InChI is InChI=1S/C25H30N4O/c26-20-21-10-12-23(13-11-21)27-16-7-17-28(19-18-27)24(22-8-3-1-4-9-22)25(30)29-14-5-2-6-15-29/h1,3-4,8-13,24H,2,5-7,14-19H2. The van der Waals surface area contributed by atoms with Crippen molar-refractivity contribution in [3.63, 3.8) is 0 Å². The number of nitriles is 1. The third-order valence-electron chi connectivity index (χ3n) is 6.27. The predicted molar refractivity (Wildman–Crippen MR) is 119 cm³/mol. The molecule has 1 atom stereocenters. The minimum atomic E-state index is -0.204. The topological polar surface area (TPSA) is 50.6 Å². The van der Waals surface area contributed by atoms with Crippen molar-refractivity contribution >= 4 is 11.6 Å². The van der Waals surface area contributed by atoms with Crippen LogP contribution in [0.25, 0.3) is 0 Å². The summed E-state index contributed by atoms with van der Waals surface area (Å²) in [5.41, 5.74) is 2.93. The zero-order valence-corrected chi connectivity index (χ0v) is 17.5. The number of rotatable bonds is 4. The molecule has 2 aromatic carbocycles. The van der Waals surface area contributed by atoms with Gasteiger partial charge in [-0.1, -0.05) is 30.3 Å². The van der Waals surface area contributed by atoms with Crippen molar-refractivity contribution in [2.24, 2.45) is 0 Å². The van der Waals surface area contributed by atoms with Gasteiger partial charge in [0.15, 0.2) is 0 Å². The first kappa shape index (κ1) is 20.4. The lowest BCUT2D eigenvalue weighted by atomic mass is 10.0. The molecule has 0 aromatic heterocycles. The van der Waals surface area contributed by atoms with Crippen LogP contribution in [0.2, 0.25) is 0 Å². The number of benzene rings is 2. The monoisotopic (exact) mass is 402 g/mol. The molecule has 5 heteroatoms. The molecule has 0 aliphatic carbocycles. The molecule has 30 heavy (non-hydrogen) atoms. The minimum absolute atomic E-state index is 0.204. The predicted octanol–water partition coefficient (Wildman–Crippen LogP) is 3.82. The summed E-state index contributed by atoms with van der Waals surface area (Å²) in [4.78, 5) is 20.4.